The summed E-state index contributed by atoms with van der Waals surface area (Å²) >= 11 is 1.56. The van der Waals surface area contributed by atoms with Gasteiger partial charge in [0.1, 0.15) is 0 Å². The number of hydrogen-bond donors (Lipinski definition) is 2. The predicted octanol–water partition coefficient (Wildman–Crippen LogP) is 2.31. The minimum atomic E-state index is -0.233. The Kier molecular flexibility index (Phi) is 4.11. The molecule has 3 rings (SSSR count). The summed E-state index contributed by atoms with van der Waals surface area (Å²) in [4.78, 5) is 24.5. The van der Waals surface area contributed by atoms with Gasteiger partial charge < -0.3 is 5.32 Å². The highest BCUT2D eigenvalue weighted by Gasteiger charge is 2.06. The lowest BCUT2D eigenvalue weighted by Crippen LogP contribution is -2.22. The van der Waals surface area contributed by atoms with Crippen molar-refractivity contribution in [3.8, 4) is 0 Å². The van der Waals surface area contributed by atoms with Crippen molar-refractivity contribution < 1.29 is 4.79 Å². The van der Waals surface area contributed by atoms with Crippen LogP contribution in [-0.2, 0) is 11.3 Å². The van der Waals surface area contributed by atoms with Crippen molar-refractivity contribution in [2.45, 2.75) is 6.54 Å². The van der Waals surface area contributed by atoms with Crippen LogP contribution in [-0.4, -0.2) is 16.1 Å². The van der Waals surface area contributed by atoms with Gasteiger partial charge in [-0.15, -0.1) is 11.3 Å². The van der Waals surface area contributed by atoms with E-state index >= 15 is 0 Å². The van der Waals surface area contributed by atoms with Gasteiger partial charge in [0.05, 0.1) is 17.6 Å². The van der Waals surface area contributed by atoms with Crippen LogP contribution in [0.1, 0.15) is 10.6 Å². The van der Waals surface area contributed by atoms with E-state index in [4.69, 9.17) is 0 Å². The molecule has 3 aromatic rings. The van der Waals surface area contributed by atoms with Gasteiger partial charge >= 0.3 is 0 Å². The van der Waals surface area contributed by atoms with Crippen LogP contribution >= 0.6 is 11.3 Å². The Hall–Kier alpha value is -2.73. The molecule has 110 valence electrons. The molecule has 0 aliphatic carbocycles. The fourth-order valence-corrected chi connectivity index (χ4v) is 2.70. The number of H-pyrrole nitrogens is 1. The first-order valence-electron chi connectivity index (χ1n) is 6.70. The van der Waals surface area contributed by atoms with Crippen molar-refractivity contribution in [3.05, 3.63) is 68.8 Å². The Morgan fingerprint density at radius 2 is 2.05 bits per heavy atom. The number of amides is 1. The first-order valence-corrected chi connectivity index (χ1v) is 7.58. The van der Waals surface area contributed by atoms with Gasteiger partial charge in [-0.3, -0.25) is 9.59 Å². The second kappa shape index (κ2) is 6.36. The lowest BCUT2D eigenvalue weighted by molar-refractivity contribution is -0.116. The molecule has 0 aliphatic heterocycles. The molecule has 2 N–H and O–H groups in total. The third-order valence-electron chi connectivity index (χ3n) is 3.15. The fourth-order valence-electron chi connectivity index (χ4n) is 2.08. The minimum Gasteiger partial charge on any atom is -0.347 e. The predicted molar refractivity (Wildman–Crippen MR) is 87.6 cm³/mol. The van der Waals surface area contributed by atoms with Crippen LogP contribution in [0.4, 0.5) is 0 Å². The summed E-state index contributed by atoms with van der Waals surface area (Å²) in [5.74, 6) is -0.203. The first kappa shape index (κ1) is 14.2. The number of hydrogen-bond acceptors (Lipinski definition) is 4. The molecule has 0 aliphatic rings. The number of fused-ring (bicyclic) bond motifs is 1. The number of nitrogens with zero attached hydrogens (tertiary/aromatic N) is 1. The van der Waals surface area contributed by atoms with Gasteiger partial charge in [0.15, 0.2) is 0 Å². The van der Waals surface area contributed by atoms with Crippen LogP contribution in [0.2, 0.25) is 0 Å². The second-order valence-corrected chi connectivity index (χ2v) is 5.59. The molecule has 0 atom stereocenters. The number of nitrogens with one attached hydrogen (secondary N) is 2. The highest BCUT2D eigenvalue weighted by molar-refractivity contribution is 7.10. The Labute approximate surface area is 130 Å². The third-order valence-corrected chi connectivity index (χ3v) is 3.98. The summed E-state index contributed by atoms with van der Waals surface area (Å²) < 4.78 is 0. The van der Waals surface area contributed by atoms with Crippen molar-refractivity contribution >= 4 is 34.1 Å². The van der Waals surface area contributed by atoms with E-state index in [1.807, 2.05) is 29.6 Å². The zero-order valence-corrected chi connectivity index (χ0v) is 12.4. The van der Waals surface area contributed by atoms with Crippen molar-refractivity contribution in [2.75, 3.05) is 0 Å². The van der Waals surface area contributed by atoms with Gasteiger partial charge in [-0.1, -0.05) is 24.3 Å². The van der Waals surface area contributed by atoms with E-state index in [0.29, 0.717) is 11.1 Å². The molecule has 1 amide bonds. The van der Waals surface area contributed by atoms with Crippen LogP contribution in [0.3, 0.4) is 0 Å². The van der Waals surface area contributed by atoms with Crippen LogP contribution in [0, 0.1) is 0 Å². The van der Waals surface area contributed by atoms with E-state index < -0.39 is 0 Å². The molecule has 0 fully saturated rings. The van der Waals surface area contributed by atoms with Gasteiger partial charge in [-0.2, -0.15) is 5.10 Å². The number of carbonyl (C=O) groups is 1. The number of rotatable bonds is 4. The van der Waals surface area contributed by atoms with E-state index in [1.54, 1.807) is 29.5 Å². The van der Waals surface area contributed by atoms with E-state index in [-0.39, 0.29) is 18.0 Å². The molecule has 2 aromatic heterocycles. The van der Waals surface area contributed by atoms with Crippen LogP contribution in [0.25, 0.3) is 16.8 Å². The van der Waals surface area contributed by atoms with E-state index in [2.05, 4.69) is 15.5 Å². The minimum absolute atomic E-state index is 0.203. The molecular weight excluding hydrogens is 298 g/mol. The quantitative estimate of drug-likeness (QED) is 0.726. The van der Waals surface area contributed by atoms with E-state index in [0.717, 1.165) is 10.3 Å². The highest BCUT2D eigenvalue weighted by Crippen LogP contribution is 2.12. The number of benzene rings is 1. The maximum Gasteiger partial charge on any atom is 0.272 e. The van der Waals surface area contributed by atoms with Crippen molar-refractivity contribution in [3.63, 3.8) is 0 Å². The van der Waals surface area contributed by atoms with Gasteiger partial charge in [0, 0.05) is 16.3 Å². The largest absolute Gasteiger partial charge is 0.347 e. The lowest BCUT2D eigenvalue weighted by Gasteiger charge is -2.05. The molecule has 0 unspecified atom stereocenters. The summed E-state index contributed by atoms with van der Waals surface area (Å²) in [6.45, 7) is 0.255. The van der Waals surface area contributed by atoms with Crippen LogP contribution in [0.5, 0.6) is 0 Å². The van der Waals surface area contributed by atoms with Crippen LogP contribution < -0.4 is 10.9 Å². The SMILES string of the molecule is O=C(/C=C/c1cccs1)NCc1n[nH]c(=O)c2ccccc12. The molecule has 1 aromatic carbocycles. The van der Waals surface area contributed by atoms with Crippen molar-refractivity contribution in [1.29, 1.82) is 0 Å². The van der Waals surface area contributed by atoms with Crippen LogP contribution in [0.15, 0.2) is 52.6 Å². The van der Waals surface area contributed by atoms with Gasteiger partial charge in [-0.05, 0) is 23.6 Å². The summed E-state index contributed by atoms with van der Waals surface area (Å²) in [5, 5.41) is 12.5. The number of aromatic nitrogens is 2. The first-order chi connectivity index (χ1) is 10.7. The zero-order chi connectivity index (χ0) is 15.4. The monoisotopic (exact) mass is 311 g/mol. The molecule has 5 nitrogen and oxygen atoms in total. The Morgan fingerprint density at radius 3 is 2.82 bits per heavy atom. The van der Waals surface area contributed by atoms with E-state index in [9.17, 15) is 9.59 Å². The molecular formula is C16H13N3O2S. The summed E-state index contributed by atoms with van der Waals surface area (Å²) in [5.41, 5.74) is 0.399. The molecule has 22 heavy (non-hydrogen) atoms. The molecule has 0 radical (unpaired) electrons. The van der Waals surface area contributed by atoms with Crippen molar-refractivity contribution in [1.82, 2.24) is 15.5 Å². The molecule has 0 saturated carbocycles. The standard InChI is InChI=1S/C16H13N3O2S/c20-15(8-7-11-4-3-9-22-11)17-10-14-12-5-1-2-6-13(12)16(21)19-18-14/h1-9H,10H2,(H,17,20)(H,19,21)/b8-7+. The molecule has 0 spiro atoms. The highest BCUT2D eigenvalue weighted by atomic mass is 32.1. The third kappa shape index (κ3) is 3.12. The lowest BCUT2D eigenvalue weighted by atomic mass is 10.1. The Bertz CT molecular complexity index is 882. The van der Waals surface area contributed by atoms with Crippen molar-refractivity contribution in [2.24, 2.45) is 0 Å². The van der Waals surface area contributed by atoms with Gasteiger partial charge in [0.2, 0.25) is 5.91 Å². The fraction of sp³-hybridized carbons (Fsp3) is 0.0625. The number of carbonyl (C=O) groups excluding carboxylic acids is 1. The van der Waals surface area contributed by atoms with Gasteiger partial charge in [-0.25, -0.2) is 5.10 Å². The molecule has 0 saturated heterocycles. The molecule has 6 heteroatoms. The topological polar surface area (TPSA) is 74.8 Å². The summed E-state index contributed by atoms with van der Waals surface area (Å²) in [6, 6.07) is 11.1. The summed E-state index contributed by atoms with van der Waals surface area (Å²) in [7, 11) is 0. The molecule has 0 bridgehead atoms. The van der Waals surface area contributed by atoms with E-state index in [1.165, 1.54) is 6.08 Å². The second-order valence-electron chi connectivity index (χ2n) is 4.61. The maximum atomic E-state index is 11.8. The average Bonchev–Trinajstić information content (AvgIpc) is 3.06. The normalized spacial score (nSPS) is 11.1. The Morgan fingerprint density at radius 1 is 1.23 bits per heavy atom. The zero-order valence-electron chi connectivity index (χ0n) is 11.6. The maximum absolute atomic E-state index is 11.8. The average molecular weight is 311 g/mol. The smallest absolute Gasteiger partial charge is 0.272 e. The van der Waals surface area contributed by atoms with Gasteiger partial charge in [0.25, 0.3) is 5.56 Å². The number of aromatic amines is 1. The molecule has 2 heterocycles. The Balaban J connectivity index is 1.73. The number of thiophene rings is 1. The summed E-state index contributed by atoms with van der Waals surface area (Å²) in [6.07, 6.45) is 3.25.